The molecule has 0 aromatic heterocycles. The third kappa shape index (κ3) is 1.46. The third-order valence-corrected chi connectivity index (χ3v) is 5.11. The summed E-state index contributed by atoms with van der Waals surface area (Å²) in [6.45, 7) is 0. The summed E-state index contributed by atoms with van der Waals surface area (Å²) in [5.74, 6) is 1.33. The Bertz CT molecular complexity index is 289. The summed E-state index contributed by atoms with van der Waals surface area (Å²) in [7, 11) is 0. The molecule has 2 heteroatoms. The molecule has 0 amide bonds. The maximum absolute atomic E-state index is 12.1. The molecule has 2 nitrogen and oxygen atoms in total. The molecular weight excluding hydrogens is 200 g/mol. The summed E-state index contributed by atoms with van der Waals surface area (Å²) in [6, 6.07) is 0. The Kier molecular flexibility index (Phi) is 2.61. The molecule has 0 aliphatic heterocycles. The number of ketones is 2. The normalized spacial score (nSPS) is 43.8. The minimum absolute atomic E-state index is 0.00662. The van der Waals surface area contributed by atoms with E-state index in [1.807, 2.05) is 0 Å². The molecule has 0 spiro atoms. The van der Waals surface area contributed by atoms with E-state index in [0.29, 0.717) is 11.8 Å². The average Bonchev–Trinajstić information content (AvgIpc) is 2.36. The summed E-state index contributed by atoms with van der Waals surface area (Å²) < 4.78 is 0. The summed E-state index contributed by atoms with van der Waals surface area (Å²) in [5.41, 5.74) is 0. The molecule has 0 saturated heterocycles. The lowest BCUT2D eigenvalue weighted by Gasteiger charge is -2.45. The molecule has 16 heavy (non-hydrogen) atoms. The van der Waals surface area contributed by atoms with Gasteiger partial charge in [-0.1, -0.05) is 25.7 Å². The maximum atomic E-state index is 12.1. The van der Waals surface area contributed by atoms with Crippen LogP contribution in [-0.2, 0) is 9.59 Å². The van der Waals surface area contributed by atoms with E-state index in [9.17, 15) is 9.59 Å². The second-order valence-electron chi connectivity index (χ2n) is 5.84. The number of hydrogen-bond acceptors (Lipinski definition) is 2. The van der Waals surface area contributed by atoms with Crippen molar-refractivity contribution < 1.29 is 9.59 Å². The Hall–Kier alpha value is -0.660. The molecule has 0 heterocycles. The van der Waals surface area contributed by atoms with E-state index < -0.39 is 0 Å². The molecule has 3 aliphatic carbocycles. The van der Waals surface area contributed by atoms with Crippen molar-refractivity contribution in [1.82, 2.24) is 0 Å². The van der Waals surface area contributed by atoms with Crippen LogP contribution in [0.3, 0.4) is 0 Å². The van der Waals surface area contributed by atoms with Gasteiger partial charge in [0, 0.05) is 11.8 Å². The monoisotopic (exact) mass is 220 g/mol. The lowest BCUT2D eigenvalue weighted by Crippen LogP contribution is -2.49. The van der Waals surface area contributed by atoms with Gasteiger partial charge in [-0.25, -0.2) is 0 Å². The standard InChI is InChI=1S/C14H20O2/c15-13-11-7-3-1-5-9(11)10-6-2-4-8-12(10)14(13)16/h9-12H,1-8H2/t9-,10+,11-,12+. The van der Waals surface area contributed by atoms with Crippen LogP contribution in [0.4, 0.5) is 0 Å². The second kappa shape index (κ2) is 3.97. The van der Waals surface area contributed by atoms with Crippen LogP contribution in [0.5, 0.6) is 0 Å². The maximum Gasteiger partial charge on any atom is 0.202 e. The largest absolute Gasteiger partial charge is 0.291 e. The lowest BCUT2D eigenvalue weighted by atomic mass is 9.57. The lowest BCUT2D eigenvalue weighted by molar-refractivity contribution is -0.151. The van der Waals surface area contributed by atoms with Gasteiger partial charge in [-0.15, -0.1) is 0 Å². The van der Waals surface area contributed by atoms with Gasteiger partial charge in [0.15, 0.2) is 0 Å². The van der Waals surface area contributed by atoms with Crippen molar-refractivity contribution in [2.45, 2.75) is 51.4 Å². The van der Waals surface area contributed by atoms with Crippen LogP contribution in [0.2, 0.25) is 0 Å². The Morgan fingerprint density at radius 3 is 1.44 bits per heavy atom. The van der Waals surface area contributed by atoms with Gasteiger partial charge < -0.3 is 0 Å². The first-order valence-electron chi connectivity index (χ1n) is 6.87. The number of carbonyl (C=O) groups is 2. The van der Waals surface area contributed by atoms with Crippen LogP contribution in [0.15, 0.2) is 0 Å². The summed E-state index contributed by atoms with van der Waals surface area (Å²) in [5, 5.41) is 0. The summed E-state index contributed by atoms with van der Waals surface area (Å²) >= 11 is 0. The Labute approximate surface area is 96.8 Å². The van der Waals surface area contributed by atoms with Crippen molar-refractivity contribution in [2.75, 3.05) is 0 Å². The number of Topliss-reactive ketones (excluding diaryl/α,β-unsaturated/α-hetero) is 2. The van der Waals surface area contributed by atoms with E-state index in [1.165, 1.54) is 25.7 Å². The van der Waals surface area contributed by atoms with Crippen LogP contribution < -0.4 is 0 Å². The minimum atomic E-state index is -0.00662. The molecular formula is C14H20O2. The fourth-order valence-electron chi connectivity index (χ4n) is 4.36. The quantitative estimate of drug-likeness (QED) is 0.588. The molecule has 0 aromatic carbocycles. The average molecular weight is 220 g/mol. The minimum Gasteiger partial charge on any atom is -0.291 e. The van der Waals surface area contributed by atoms with E-state index in [2.05, 4.69) is 0 Å². The van der Waals surface area contributed by atoms with Gasteiger partial charge in [-0.3, -0.25) is 9.59 Å². The van der Waals surface area contributed by atoms with E-state index in [-0.39, 0.29) is 23.4 Å². The van der Waals surface area contributed by atoms with Crippen molar-refractivity contribution in [2.24, 2.45) is 23.7 Å². The Morgan fingerprint density at radius 2 is 1.00 bits per heavy atom. The van der Waals surface area contributed by atoms with Crippen molar-refractivity contribution in [1.29, 1.82) is 0 Å². The Morgan fingerprint density at radius 1 is 0.625 bits per heavy atom. The number of carbonyl (C=O) groups excluding carboxylic acids is 2. The summed E-state index contributed by atoms with van der Waals surface area (Å²) in [4.78, 5) is 24.1. The molecule has 0 unspecified atom stereocenters. The van der Waals surface area contributed by atoms with Crippen LogP contribution in [0.25, 0.3) is 0 Å². The van der Waals surface area contributed by atoms with Crippen LogP contribution in [0.1, 0.15) is 51.4 Å². The fraction of sp³-hybridized carbons (Fsp3) is 0.857. The number of fused-ring (bicyclic) bond motifs is 3. The zero-order chi connectivity index (χ0) is 11.1. The van der Waals surface area contributed by atoms with Gasteiger partial charge in [-0.2, -0.15) is 0 Å². The highest BCUT2D eigenvalue weighted by Crippen LogP contribution is 2.48. The molecule has 0 N–H and O–H groups in total. The van der Waals surface area contributed by atoms with Crippen LogP contribution in [-0.4, -0.2) is 11.6 Å². The molecule has 0 aromatic rings. The van der Waals surface area contributed by atoms with Crippen molar-refractivity contribution >= 4 is 11.6 Å². The first-order valence-corrected chi connectivity index (χ1v) is 6.87. The predicted octanol–water partition coefficient (Wildman–Crippen LogP) is 2.75. The van der Waals surface area contributed by atoms with Crippen LogP contribution >= 0.6 is 0 Å². The van der Waals surface area contributed by atoms with Gasteiger partial charge in [0.25, 0.3) is 0 Å². The highest BCUT2D eigenvalue weighted by Gasteiger charge is 2.49. The molecule has 0 bridgehead atoms. The van der Waals surface area contributed by atoms with E-state index in [0.717, 1.165) is 25.7 Å². The zero-order valence-electron chi connectivity index (χ0n) is 9.78. The molecule has 4 atom stereocenters. The van der Waals surface area contributed by atoms with Gasteiger partial charge >= 0.3 is 0 Å². The van der Waals surface area contributed by atoms with Crippen molar-refractivity contribution in [3.05, 3.63) is 0 Å². The SMILES string of the molecule is O=C1C(=O)[C@@H]2CCCC[C@@H]2[C@@H]2CCCC[C@H]12. The number of rotatable bonds is 0. The summed E-state index contributed by atoms with van der Waals surface area (Å²) in [6.07, 6.45) is 9.21. The number of hydrogen-bond donors (Lipinski definition) is 0. The van der Waals surface area contributed by atoms with E-state index in [4.69, 9.17) is 0 Å². The zero-order valence-corrected chi connectivity index (χ0v) is 9.78. The highest BCUT2D eigenvalue weighted by atomic mass is 16.2. The predicted molar refractivity (Wildman–Crippen MR) is 60.9 cm³/mol. The van der Waals surface area contributed by atoms with Gasteiger partial charge in [0.2, 0.25) is 11.6 Å². The van der Waals surface area contributed by atoms with Gasteiger partial charge in [-0.05, 0) is 37.5 Å². The fourth-order valence-corrected chi connectivity index (χ4v) is 4.36. The molecule has 3 rings (SSSR count). The van der Waals surface area contributed by atoms with Gasteiger partial charge in [0.05, 0.1) is 0 Å². The molecule has 3 fully saturated rings. The smallest absolute Gasteiger partial charge is 0.202 e. The van der Waals surface area contributed by atoms with Crippen LogP contribution in [0, 0.1) is 23.7 Å². The van der Waals surface area contributed by atoms with E-state index >= 15 is 0 Å². The first-order chi connectivity index (χ1) is 7.79. The van der Waals surface area contributed by atoms with E-state index in [1.54, 1.807) is 0 Å². The van der Waals surface area contributed by atoms with Crippen molar-refractivity contribution in [3.8, 4) is 0 Å². The molecule has 3 saturated carbocycles. The van der Waals surface area contributed by atoms with Crippen molar-refractivity contribution in [3.63, 3.8) is 0 Å². The second-order valence-corrected chi connectivity index (χ2v) is 5.84. The third-order valence-electron chi connectivity index (χ3n) is 5.11. The topological polar surface area (TPSA) is 34.1 Å². The first kappa shape index (κ1) is 10.5. The van der Waals surface area contributed by atoms with Gasteiger partial charge in [0.1, 0.15) is 0 Å². The molecule has 3 aliphatic rings. The highest BCUT2D eigenvalue weighted by molar-refractivity contribution is 6.39. The molecule has 0 radical (unpaired) electrons. The Balaban J connectivity index is 1.90. The molecule has 88 valence electrons.